The fourth-order valence-corrected chi connectivity index (χ4v) is 0.832. The molecule has 0 saturated carbocycles. The predicted octanol–water partition coefficient (Wildman–Crippen LogP) is 0.308. The number of rotatable bonds is 0. The molecule has 0 aliphatic heterocycles. The highest BCUT2D eigenvalue weighted by Crippen LogP contribution is 1.86. The van der Waals surface area contributed by atoms with Gasteiger partial charge in [0.05, 0.1) is 0 Å². The lowest BCUT2D eigenvalue weighted by Crippen LogP contribution is -1.91. The van der Waals surface area contributed by atoms with E-state index in [4.69, 9.17) is 5.26 Å². The van der Waals surface area contributed by atoms with Crippen LogP contribution < -0.4 is 4.74 Å². The van der Waals surface area contributed by atoms with E-state index >= 15 is 0 Å². The van der Waals surface area contributed by atoms with Crippen LogP contribution in [0.2, 0.25) is 0 Å². The molecule has 3 nitrogen and oxygen atoms in total. The maximum atomic E-state index is 10.4. The van der Waals surface area contributed by atoms with Crippen LogP contribution in [0.4, 0.5) is 0 Å². The van der Waals surface area contributed by atoms with Gasteiger partial charge in [0.2, 0.25) is 0 Å². The summed E-state index contributed by atoms with van der Waals surface area (Å²) >= 11 is 0.926. The molecule has 0 bridgehead atoms. The van der Waals surface area contributed by atoms with Crippen molar-refractivity contribution < 1.29 is 0 Å². The molecule has 0 radical (unpaired) electrons. The number of aromatic nitrogens is 1. The predicted molar refractivity (Wildman–Crippen MR) is 29.7 cm³/mol. The van der Waals surface area contributed by atoms with Crippen molar-refractivity contribution in [3.05, 3.63) is 21.3 Å². The van der Waals surface area contributed by atoms with E-state index in [0.29, 0.717) is 0 Å². The third-order valence-corrected chi connectivity index (χ3v) is 1.34. The molecule has 40 valence electrons. The Kier molecular flexibility index (Phi) is 1.14. The first-order valence-corrected chi connectivity index (χ1v) is 2.73. The van der Waals surface area contributed by atoms with Crippen molar-refractivity contribution in [3.63, 3.8) is 0 Å². The first kappa shape index (κ1) is 5.06. The second kappa shape index (κ2) is 1.80. The summed E-state index contributed by atoms with van der Waals surface area (Å²) in [5, 5.41) is 8.14. The van der Waals surface area contributed by atoms with E-state index in [9.17, 15) is 4.79 Å². The molecule has 1 N–H and O–H groups in total. The van der Waals surface area contributed by atoms with Crippen molar-refractivity contribution in [2.45, 2.75) is 0 Å². The highest BCUT2D eigenvalue weighted by Gasteiger charge is 1.94. The summed E-state index contributed by atoms with van der Waals surface area (Å²) in [4.78, 5) is 10.4. The van der Waals surface area contributed by atoms with Crippen LogP contribution in [0.25, 0.3) is 0 Å². The van der Waals surface area contributed by atoms with Gasteiger partial charge in [0.25, 0.3) is 4.74 Å². The van der Waals surface area contributed by atoms with Gasteiger partial charge in [0.1, 0.15) is 11.6 Å². The Morgan fingerprint density at radius 1 is 1.88 bits per heavy atom. The molecule has 4 heteroatoms. The van der Waals surface area contributed by atoms with Gasteiger partial charge in [0, 0.05) is 6.20 Å². The number of nitrogens with zero attached hydrogens (tertiary/aromatic N) is 1. The van der Waals surface area contributed by atoms with Crippen molar-refractivity contribution in [3.8, 4) is 6.07 Å². The maximum Gasteiger partial charge on any atom is 0.267 e. The molecular weight excluding hydrogens is 124 g/mol. The number of nitriles is 1. The maximum absolute atomic E-state index is 10.4. The average Bonchev–Trinajstić information content (AvgIpc) is 2.14. The van der Waals surface area contributed by atoms with Gasteiger partial charge < -0.3 is 4.37 Å². The van der Waals surface area contributed by atoms with E-state index in [0.717, 1.165) is 11.5 Å². The minimum absolute atomic E-state index is 0.190. The van der Waals surface area contributed by atoms with E-state index in [1.807, 2.05) is 0 Å². The molecule has 0 aliphatic rings. The van der Waals surface area contributed by atoms with Crippen molar-refractivity contribution in [1.82, 2.24) is 4.37 Å². The Hall–Kier alpha value is -1.08. The molecule has 0 atom stereocenters. The van der Waals surface area contributed by atoms with Gasteiger partial charge in [-0.3, -0.25) is 4.79 Å². The minimum Gasteiger partial charge on any atom is -0.314 e. The van der Waals surface area contributed by atoms with E-state index in [1.165, 1.54) is 6.20 Å². The lowest BCUT2D eigenvalue weighted by atomic mass is 10.4. The van der Waals surface area contributed by atoms with Crippen LogP contribution in [0.3, 0.4) is 0 Å². The van der Waals surface area contributed by atoms with Crippen LogP contribution in [-0.2, 0) is 0 Å². The Morgan fingerprint density at radius 2 is 2.62 bits per heavy atom. The van der Waals surface area contributed by atoms with Gasteiger partial charge in [-0.25, -0.2) is 0 Å². The van der Waals surface area contributed by atoms with Gasteiger partial charge in [-0.2, -0.15) is 5.26 Å². The third-order valence-electron chi connectivity index (χ3n) is 0.695. The summed E-state index contributed by atoms with van der Waals surface area (Å²) in [6, 6.07) is 1.74. The highest BCUT2D eigenvalue weighted by molar-refractivity contribution is 7.03. The smallest absolute Gasteiger partial charge is 0.267 e. The number of hydrogen-bond acceptors (Lipinski definition) is 3. The molecule has 0 aromatic carbocycles. The Balaban J connectivity index is 3.37. The van der Waals surface area contributed by atoms with Crippen molar-refractivity contribution >= 4 is 11.5 Å². The molecule has 1 rings (SSSR count). The summed E-state index contributed by atoms with van der Waals surface area (Å²) in [7, 11) is 0. The summed E-state index contributed by atoms with van der Waals surface area (Å²) in [6.07, 6.45) is 1.40. The molecular formula is C4H2N2OS. The second-order valence-corrected chi connectivity index (χ2v) is 1.99. The van der Waals surface area contributed by atoms with E-state index in [-0.39, 0.29) is 10.3 Å². The summed E-state index contributed by atoms with van der Waals surface area (Å²) in [6.45, 7) is 0. The van der Waals surface area contributed by atoms with Gasteiger partial charge in [-0.05, 0) is 11.5 Å². The molecule has 0 saturated heterocycles. The van der Waals surface area contributed by atoms with Gasteiger partial charge >= 0.3 is 0 Å². The molecule has 1 aromatic rings. The van der Waals surface area contributed by atoms with Crippen molar-refractivity contribution in [1.29, 1.82) is 5.26 Å². The van der Waals surface area contributed by atoms with E-state index in [2.05, 4.69) is 4.37 Å². The number of hydrogen-bond donors (Lipinski definition) is 1. The fraction of sp³-hybridized carbons (Fsp3) is 0. The SMILES string of the molecule is N#Cc1c[nH]sc1=O. The van der Waals surface area contributed by atoms with E-state index in [1.54, 1.807) is 6.07 Å². The Morgan fingerprint density at radius 3 is 2.88 bits per heavy atom. The molecule has 0 spiro atoms. The van der Waals surface area contributed by atoms with Crippen LogP contribution in [0.5, 0.6) is 0 Å². The standard InChI is InChI=1S/C4H2N2OS/c5-1-3-2-6-8-4(3)7/h2,6H. The quantitative estimate of drug-likeness (QED) is 0.543. The van der Waals surface area contributed by atoms with Gasteiger partial charge in [0.15, 0.2) is 0 Å². The molecule has 0 unspecified atom stereocenters. The molecule has 0 amide bonds. The molecule has 8 heavy (non-hydrogen) atoms. The first-order chi connectivity index (χ1) is 3.84. The molecule has 1 aromatic heterocycles. The zero-order chi connectivity index (χ0) is 5.98. The van der Waals surface area contributed by atoms with Crippen LogP contribution >= 0.6 is 11.5 Å². The van der Waals surface area contributed by atoms with Crippen LogP contribution in [0, 0.1) is 11.3 Å². The van der Waals surface area contributed by atoms with Crippen LogP contribution in [0.1, 0.15) is 5.56 Å². The van der Waals surface area contributed by atoms with Gasteiger partial charge in [-0.15, -0.1) is 0 Å². The lowest BCUT2D eigenvalue weighted by molar-refractivity contribution is 1.46. The largest absolute Gasteiger partial charge is 0.314 e. The Labute approximate surface area is 49.4 Å². The third kappa shape index (κ3) is 0.634. The number of nitrogens with one attached hydrogen (secondary N) is 1. The van der Waals surface area contributed by atoms with Gasteiger partial charge in [-0.1, -0.05) is 0 Å². The van der Waals surface area contributed by atoms with Crippen molar-refractivity contribution in [2.24, 2.45) is 0 Å². The molecule has 0 aliphatic carbocycles. The average molecular weight is 126 g/mol. The fourth-order valence-electron chi connectivity index (χ4n) is 0.334. The minimum atomic E-state index is -0.201. The Bertz CT molecular complexity index is 266. The number of aromatic amines is 1. The van der Waals surface area contributed by atoms with E-state index < -0.39 is 0 Å². The topological polar surface area (TPSA) is 56.6 Å². The lowest BCUT2D eigenvalue weighted by Gasteiger charge is -1.60. The van der Waals surface area contributed by atoms with Crippen molar-refractivity contribution in [2.75, 3.05) is 0 Å². The molecule has 0 fully saturated rings. The summed E-state index contributed by atoms with van der Waals surface area (Å²) in [5.41, 5.74) is 0.190. The summed E-state index contributed by atoms with van der Waals surface area (Å²) in [5.74, 6) is 0. The zero-order valence-electron chi connectivity index (χ0n) is 3.84. The normalized spacial score (nSPS) is 8.38. The second-order valence-electron chi connectivity index (χ2n) is 1.18. The summed E-state index contributed by atoms with van der Waals surface area (Å²) < 4.78 is 2.35. The monoisotopic (exact) mass is 126 g/mol. The number of H-pyrrole nitrogens is 1. The molecule has 1 heterocycles. The first-order valence-electron chi connectivity index (χ1n) is 1.91. The van der Waals surface area contributed by atoms with Crippen LogP contribution in [0.15, 0.2) is 11.0 Å². The highest BCUT2D eigenvalue weighted by atomic mass is 32.1. The van der Waals surface area contributed by atoms with Crippen LogP contribution in [-0.4, -0.2) is 4.37 Å². The zero-order valence-corrected chi connectivity index (χ0v) is 4.66.